The SMILES string of the molecule is C=CCn1c(SCC(=O)Nc2sc(C)c(-c3ccccc3)c2C(=O)OC)nnc1C(C)Oc1ccccc1Cl. The number of rotatable bonds is 11. The maximum Gasteiger partial charge on any atom is 0.341 e. The van der Waals surface area contributed by atoms with Crippen LogP contribution in [0.4, 0.5) is 5.00 Å². The molecule has 1 amide bonds. The average molecular weight is 583 g/mol. The van der Waals surface area contributed by atoms with Crippen LogP contribution in [0.1, 0.15) is 34.1 Å². The highest BCUT2D eigenvalue weighted by Gasteiger charge is 2.26. The highest BCUT2D eigenvalue weighted by Crippen LogP contribution is 2.40. The Balaban J connectivity index is 1.50. The molecule has 4 rings (SSSR count). The molecule has 0 spiro atoms. The largest absolute Gasteiger partial charge is 0.481 e. The Morgan fingerprint density at radius 1 is 1.18 bits per heavy atom. The fraction of sp³-hybridized carbons (Fsp3) is 0.214. The number of allylic oxidation sites excluding steroid dienone is 1. The number of para-hydroxylation sites is 1. The van der Waals surface area contributed by atoms with E-state index in [-0.39, 0.29) is 11.7 Å². The Morgan fingerprint density at radius 3 is 2.59 bits per heavy atom. The minimum atomic E-state index is -0.510. The lowest BCUT2D eigenvalue weighted by atomic mass is 10.0. The number of thioether (sulfide) groups is 1. The molecule has 0 bridgehead atoms. The molecule has 0 aliphatic heterocycles. The number of carbonyl (C=O) groups is 2. The van der Waals surface area contributed by atoms with E-state index in [0.717, 1.165) is 16.0 Å². The third-order valence-electron chi connectivity index (χ3n) is 5.68. The summed E-state index contributed by atoms with van der Waals surface area (Å²) in [6, 6.07) is 16.7. The van der Waals surface area contributed by atoms with Crippen LogP contribution in [0.5, 0.6) is 5.75 Å². The molecule has 1 atom stereocenters. The van der Waals surface area contributed by atoms with Gasteiger partial charge in [0.2, 0.25) is 5.91 Å². The van der Waals surface area contributed by atoms with Crippen molar-refractivity contribution < 1.29 is 19.1 Å². The number of hydrogen-bond donors (Lipinski definition) is 1. The second kappa shape index (κ2) is 13.0. The van der Waals surface area contributed by atoms with Crippen LogP contribution in [0.15, 0.2) is 72.4 Å². The molecule has 1 N–H and O–H groups in total. The normalized spacial score (nSPS) is 11.6. The first kappa shape index (κ1) is 28.4. The predicted molar refractivity (Wildman–Crippen MR) is 156 cm³/mol. The summed E-state index contributed by atoms with van der Waals surface area (Å²) in [5.41, 5.74) is 1.96. The summed E-state index contributed by atoms with van der Waals surface area (Å²) < 4.78 is 12.9. The van der Waals surface area contributed by atoms with Gasteiger partial charge in [-0.05, 0) is 31.5 Å². The molecule has 0 saturated carbocycles. The number of hydrogen-bond acceptors (Lipinski definition) is 8. The number of esters is 1. The zero-order valence-electron chi connectivity index (χ0n) is 21.6. The van der Waals surface area contributed by atoms with Crippen LogP contribution in [-0.2, 0) is 16.1 Å². The minimum absolute atomic E-state index is 0.0489. The van der Waals surface area contributed by atoms with Crippen LogP contribution in [0.2, 0.25) is 5.02 Å². The van der Waals surface area contributed by atoms with Crippen molar-refractivity contribution >= 4 is 51.6 Å². The van der Waals surface area contributed by atoms with Gasteiger partial charge in [0.25, 0.3) is 0 Å². The van der Waals surface area contributed by atoms with Gasteiger partial charge < -0.3 is 14.8 Å². The highest BCUT2D eigenvalue weighted by molar-refractivity contribution is 7.99. The van der Waals surface area contributed by atoms with Gasteiger partial charge in [-0.3, -0.25) is 9.36 Å². The van der Waals surface area contributed by atoms with Crippen molar-refractivity contribution in [3.63, 3.8) is 0 Å². The van der Waals surface area contributed by atoms with Gasteiger partial charge in [-0.15, -0.1) is 28.1 Å². The van der Waals surface area contributed by atoms with Gasteiger partial charge in [0.15, 0.2) is 17.1 Å². The Bertz CT molecular complexity index is 1490. The predicted octanol–water partition coefficient (Wildman–Crippen LogP) is 6.81. The highest BCUT2D eigenvalue weighted by atomic mass is 35.5. The van der Waals surface area contributed by atoms with E-state index in [1.54, 1.807) is 18.2 Å². The number of aryl methyl sites for hydroxylation is 1. The third-order valence-corrected chi connectivity index (χ3v) is 7.98. The van der Waals surface area contributed by atoms with Crippen molar-refractivity contribution in [1.82, 2.24) is 14.8 Å². The lowest BCUT2D eigenvalue weighted by Crippen LogP contribution is -2.17. The topological polar surface area (TPSA) is 95.3 Å². The van der Waals surface area contributed by atoms with Crippen LogP contribution in [0, 0.1) is 6.92 Å². The van der Waals surface area contributed by atoms with Gasteiger partial charge in [-0.1, -0.05) is 71.9 Å². The molecule has 0 fully saturated rings. The molecule has 2 aromatic carbocycles. The molecular weight excluding hydrogens is 556 g/mol. The fourth-order valence-corrected chi connectivity index (χ4v) is 5.98. The first-order valence-corrected chi connectivity index (χ1v) is 14.2. The summed E-state index contributed by atoms with van der Waals surface area (Å²) in [5, 5.41) is 12.9. The standard InChI is InChI=1S/C28H27ClN4O4S2/c1-5-15-33-25(17(2)37-21-14-10-9-13-20(21)29)31-32-28(33)38-16-22(34)30-26-24(27(35)36-4)23(18(3)39-26)19-11-7-6-8-12-19/h5-14,17H,1,15-16H2,2-4H3,(H,30,34). The van der Waals surface area contributed by atoms with E-state index in [1.165, 1.54) is 30.2 Å². The Labute approximate surface area is 240 Å². The monoisotopic (exact) mass is 582 g/mol. The molecule has 2 heterocycles. The molecule has 2 aromatic heterocycles. The molecule has 39 heavy (non-hydrogen) atoms. The maximum atomic E-state index is 13.0. The van der Waals surface area contributed by atoms with E-state index in [1.807, 2.05) is 60.9 Å². The summed E-state index contributed by atoms with van der Waals surface area (Å²) in [7, 11) is 1.33. The molecule has 202 valence electrons. The number of anilines is 1. The van der Waals surface area contributed by atoms with Gasteiger partial charge in [-0.2, -0.15) is 0 Å². The number of benzene rings is 2. The van der Waals surface area contributed by atoms with Crippen molar-refractivity contribution in [3.8, 4) is 16.9 Å². The number of nitrogens with one attached hydrogen (secondary N) is 1. The number of methoxy groups -OCH3 is 1. The average Bonchev–Trinajstić information content (AvgIpc) is 3.49. The van der Waals surface area contributed by atoms with E-state index in [2.05, 4.69) is 22.1 Å². The van der Waals surface area contributed by atoms with Crippen molar-refractivity contribution in [3.05, 3.63) is 88.5 Å². The first-order chi connectivity index (χ1) is 18.8. The number of carbonyl (C=O) groups excluding carboxylic acids is 2. The first-order valence-electron chi connectivity index (χ1n) is 12.0. The van der Waals surface area contributed by atoms with Crippen LogP contribution < -0.4 is 10.1 Å². The fourth-order valence-electron chi connectivity index (χ4n) is 3.97. The van der Waals surface area contributed by atoms with Gasteiger partial charge in [0.05, 0.1) is 17.9 Å². The van der Waals surface area contributed by atoms with E-state index in [4.69, 9.17) is 21.1 Å². The minimum Gasteiger partial charge on any atom is -0.481 e. The summed E-state index contributed by atoms with van der Waals surface area (Å²) in [4.78, 5) is 26.6. The maximum absolute atomic E-state index is 13.0. The third kappa shape index (κ3) is 6.52. The molecule has 11 heteroatoms. The van der Waals surface area contributed by atoms with E-state index >= 15 is 0 Å². The zero-order chi connectivity index (χ0) is 27.9. The molecule has 0 aliphatic rings. The number of amides is 1. The smallest absolute Gasteiger partial charge is 0.341 e. The lowest BCUT2D eigenvalue weighted by molar-refractivity contribution is -0.113. The van der Waals surface area contributed by atoms with E-state index in [9.17, 15) is 9.59 Å². The van der Waals surface area contributed by atoms with Gasteiger partial charge >= 0.3 is 5.97 Å². The van der Waals surface area contributed by atoms with Crippen LogP contribution in [0.3, 0.4) is 0 Å². The number of nitrogens with zero attached hydrogens (tertiary/aromatic N) is 3. The van der Waals surface area contributed by atoms with Gasteiger partial charge in [0, 0.05) is 17.0 Å². The zero-order valence-corrected chi connectivity index (χ0v) is 24.0. The Hall–Kier alpha value is -3.60. The van der Waals surface area contributed by atoms with Crippen molar-refractivity contribution in [2.75, 3.05) is 18.2 Å². The summed E-state index contributed by atoms with van der Waals surface area (Å²) in [5.74, 6) is 0.362. The van der Waals surface area contributed by atoms with Gasteiger partial charge in [0.1, 0.15) is 16.3 Å². The second-order valence-corrected chi connectivity index (χ2v) is 10.9. The summed E-state index contributed by atoms with van der Waals surface area (Å²) >= 11 is 8.80. The van der Waals surface area contributed by atoms with Crippen LogP contribution >= 0.6 is 34.7 Å². The molecule has 1 unspecified atom stereocenters. The Morgan fingerprint density at radius 2 is 1.90 bits per heavy atom. The van der Waals surface area contributed by atoms with Crippen molar-refractivity contribution in [2.45, 2.75) is 31.7 Å². The second-order valence-electron chi connectivity index (χ2n) is 8.36. The van der Waals surface area contributed by atoms with Crippen LogP contribution in [-0.4, -0.2) is 39.5 Å². The molecule has 8 nitrogen and oxygen atoms in total. The van der Waals surface area contributed by atoms with Crippen molar-refractivity contribution in [2.24, 2.45) is 0 Å². The van der Waals surface area contributed by atoms with E-state index in [0.29, 0.717) is 38.9 Å². The Kier molecular flexibility index (Phi) is 9.45. The summed E-state index contributed by atoms with van der Waals surface area (Å²) in [6.45, 7) is 8.02. The molecule has 0 saturated heterocycles. The van der Waals surface area contributed by atoms with Crippen molar-refractivity contribution in [1.29, 1.82) is 0 Å². The van der Waals surface area contributed by atoms with Crippen LogP contribution in [0.25, 0.3) is 11.1 Å². The summed E-state index contributed by atoms with van der Waals surface area (Å²) in [6.07, 6.45) is 1.27. The number of halogens is 1. The molecule has 4 aromatic rings. The number of ether oxygens (including phenoxy) is 2. The molecule has 0 aliphatic carbocycles. The lowest BCUT2D eigenvalue weighted by Gasteiger charge is -2.16. The van der Waals surface area contributed by atoms with E-state index < -0.39 is 12.1 Å². The quantitative estimate of drug-likeness (QED) is 0.118. The molecular formula is C28H27ClN4O4S2. The number of aromatic nitrogens is 3. The van der Waals surface area contributed by atoms with Gasteiger partial charge in [-0.25, -0.2) is 4.79 Å². The molecule has 0 radical (unpaired) electrons. The number of thiophene rings is 1.